The lowest BCUT2D eigenvalue weighted by atomic mass is 9.97. The third kappa shape index (κ3) is 3.64. The van der Waals surface area contributed by atoms with Gasteiger partial charge in [0, 0.05) is 29.7 Å². The second kappa shape index (κ2) is 7.88. The van der Waals surface area contributed by atoms with E-state index in [0.717, 1.165) is 55.2 Å². The lowest BCUT2D eigenvalue weighted by Gasteiger charge is -2.39. The number of rotatable bonds is 4. The summed E-state index contributed by atoms with van der Waals surface area (Å²) in [6.45, 7) is 2.01. The smallest absolute Gasteiger partial charge is 0.410 e. The molecule has 4 heterocycles. The number of carbonyl (C=O) groups excluding carboxylic acids is 1. The predicted molar refractivity (Wildman–Crippen MR) is 128 cm³/mol. The molecule has 1 aromatic carbocycles. The van der Waals surface area contributed by atoms with Crippen molar-refractivity contribution >= 4 is 40.1 Å². The zero-order chi connectivity index (χ0) is 23.4. The minimum atomic E-state index is -0.249. The fourth-order valence-corrected chi connectivity index (χ4v) is 5.63. The van der Waals surface area contributed by atoms with Gasteiger partial charge in [-0.3, -0.25) is 0 Å². The SMILES string of the molecule is CC1(OC(=O)N2[C@H]3CC[C@H]2CC(n2ccc4c(Nc5ccc(C#N)cc5Cl)cnnc42)C3)CC1. The van der Waals surface area contributed by atoms with Gasteiger partial charge < -0.3 is 19.5 Å². The fourth-order valence-electron chi connectivity index (χ4n) is 5.41. The Morgan fingerprint density at radius 2 is 1.97 bits per heavy atom. The summed E-state index contributed by atoms with van der Waals surface area (Å²) in [5, 5.41) is 22.5. The molecule has 9 heteroatoms. The number of anilines is 2. The molecular weight excluding hydrogens is 452 g/mol. The molecule has 174 valence electrons. The van der Waals surface area contributed by atoms with Crippen LogP contribution in [0.2, 0.25) is 5.02 Å². The summed E-state index contributed by atoms with van der Waals surface area (Å²) < 4.78 is 7.98. The molecule has 1 saturated carbocycles. The second-order valence-corrected chi connectivity index (χ2v) is 10.3. The molecule has 3 fully saturated rings. The lowest BCUT2D eigenvalue weighted by molar-refractivity contribution is 0.0285. The molecular formula is C25H25ClN6O2. The van der Waals surface area contributed by atoms with Gasteiger partial charge in [0.1, 0.15) is 5.60 Å². The summed E-state index contributed by atoms with van der Waals surface area (Å²) in [5.41, 5.74) is 2.58. The monoisotopic (exact) mass is 476 g/mol. The first kappa shape index (κ1) is 21.2. The average molecular weight is 477 g/mol. The van der Waals surface area contributed by atoms with Gasteiger partial charge in [-0.15, -0.1) is 5.10 Å². The minimum absolute atomic E-state index is 0.145. The van der Waals surface area contributed by atoms with Crippen molar-refractivity contribution in [2.24, 2.45) is 0 Å². The van der Waals surface area contributed by atoms with Crippen LogP contribution >= 0.6 is 11.6 Å². The van der Waals surface area contributed by atoms with Crippen molar-refractivity contribution in [3.8, 4) is 6.07 Å². The van der Waals surface area contributed by atoms with Gasteiger partial charge in [0.2, 0.25) is 0 Å². The lowest BCUT2D eigenvalue weighted by Crippen LogP contribution is -2.48. The molecule has 2 aromatic heterocycles. The minimum Gasteiger partial charge on any atom is -0.443 e. The molecule has 2 aliphatic heterocycles. The maximum absolute atomic E-state index is 12.8. The zero-order valence-corrected chi connectivity index (χ0v) is 19.6. The molecule has 3 aromatic rings. The van der Waals surface area contributed by atoms with E-state index >= 15 is 0 Å². The summed E-state index contributed by atoms with van der Waals surface area (Å²) in [4.78, 5) is 14.8. The second-order valence-electron chi connectivity index (χ2n) is 9.89. The summed E-state index contributed by atoms with van der Waals surface area (Å²) >= 11 is 6.36. The third-order valence-electron chi connectivity index (χ3n) is 7.48. The number of benzene rings is 1. The van der Waals surface area contributed by atoms with Gasteiger partial charge in [0.15, 0.2) is 5.65 Å². The normalized spacial score (nSPS) is 24.6. The van der Waals surface area contributed by atoms with Crippen LogP contribution in [0, 0.1) is 11.3 Å². The Morgan fingerprint density at radius 1 is 1.21 bits per heavy atom. The summed E-state index contributed by atoms with van der Waals surface area (Å²) in [5.74, 6) is 0. The molecule has 0 unspecified atom stereocenters. The van der Waals surface area contributed by atoms with Crippen LogP contribution in [0.1, 0.15) is 57.1 Å². The van der Waals surface area contributed by atoms with Gasteiger partial charge in [0.25, 0.3) is 0 Å². The van der Waals surface area contributed by atoms with Crippen molar-refractivity contribution in [1.29, 1.82) is 5.26 Å². The Hall–Kier alpha value is -3.31. The van der Waals surface area contributed by atoms with Crippen molar-refractivity contribution in [3.05, 3.63) is 47.2 Å². The van der Waals surface area contributed by atoms with Crippen LogP contribution in [0.15, 0.2) is 36.7 Å². The number of ether oxygens (including phenoxy) is 1. The number of nitrogens with zero attached hydrogens (tertiary/aromatic N) is 5. The molecule has 2 saturated heterocycles. The number of piperidine rings is 1. The van der Waals surface area contributed by atoms with Gasteiger partial charge in [0.05, 0.1) is 34.2 Å². The van der Waals surface area contributed by atoms with Gasteiger partial charge >= 0.3 is 6.09 Å². The highest BCUT2D eigenvalue weighted by Crippen LogP contribution is 2.45. The first-order chi connectivity index (χ1) is 16.4. The van der Waals surface area contributed by atoms with E-state index in [-0.39, 0.29) is 29.8 Å². The Kier molecular flexibility index (Phi) is 4.92. The maximum Gasteiger partial charge on any atom is 0.410 e. The Morgan fingerprint density at radius 3 is 2.65 bits per heavy atom. The number of nitriles is 1. The summed E-state index contributed by atoms with van der Waals surface area (Å²) in [7, 11) is 0. The average Bonchev–Trinajstić information content (AvgIpc) is 3.27. The largest absolute Gasteiger partial charge is 0.443 e. The molecule has 1 aliphatic carbocycles. The van der Waals surface area contributed by atoms with Crippen molar-refractivity contribution in [2.75, 3.05) is 5.32 Å². The Labute approximate surface area is 202 Å². The predicted octanol–water partition coefficient (Wildman–Crippen LogP) is 5.56. The first-order valence-corrected chi connectivity index (χ1v) is 12.1. The molecule has 2 atom stereocenters. The van der Waals surface area contributed by atoms with Crippen LogP contribution in [-0.2, 0) is 4.74 Å². The number of hydrogen-bond donors (Lipinski definition) is 1. The van der Waals surface area contributed by atoms with Crippen LogP contribution < -0.4 is 5.32 Å². The van der Waals surface area contributed by atoms with Gasteiger partial charge in [-0.2, -0.15) is 10.4 Å². The van der Waals surface area contributed by atoms with Crippen molar-refractivity contribution in [3.63, 3.8) is 0 Å². The molecule has 2 bridgehead atoms. The number of halogens is 1. The Balaban J connectivity index is 1.24. The van der Waals surface area contributed by atoms with E-state index in [9.17, 15) is 4.79 Å². The van der Waals surface area contributed by atoms with Crippen LogP contribution in [-0.4, -0.2) is 43.4 Å². The topological polar surface area (TPSA) is 96.1 Å². The van der Waals surface area contributed by atoms with Crippen molar-refractivity contribution in [2.45, 2.75) is 69.2 Å². The highest BCUT2D eigenvalue weighted by Gasteiger charge is 2.48. The van der Waals surface area contributed by atoms with E-state index < -0.39 is 0 Å². The van der Waals surface area contributed by atoms with Crippen molar-refractivity contribution in [1.82, 2.24) is 19.7 Å². The van der Waals surface area contributed by atoms with E-state index in [0.29, 0.717) is 16.3 Å². The molecule has 8 nitrogen and oxygen atoms in total. The summed E-state index contributed by atoms with van der Waals surface area (Å²) in [6, 6.07) is 9.93. The fraction of sp³-hybridized carbons (Fsp3) is 0.440. The van der Waals surface area contributed by atoms with E-state index in [1.165, 1.54) is 0 Å². The van der Waals surface area contributed by atoms with Crippen molar-refractivity contribution < 1.29 is 9.53 Å². The number of carbonyl (C=O) groups is 1. The maximum atomic E-state index is 12.8. The van der Waals surface area contributed by atoms with E-state index in [2.05, 4.69) is 32.3 Å². The molecule has 34 heavy (non-hydrogen) atoms. The highest BCUT2D eigenvalue weighted by molar-refractivity contribution is 6.33. The van der Waals surface area contributed by atoms with Crippen LogP contribution in [0.25, 0.3) is 11.0 Å². The first-order valence-electron chi connectivity index (χ1n) is 11.7. The number of nitrogens with one attached hydrogen (secondary N) is 1. The molecule has 6 rings (SSSR count). The van der Waals surface area contributed by atoms with Gasteiger partial charge in [-0.1, -0.05) is 11.6 Å². The van der Waals surface area contributed by atoms with Crippen LogP contribution in [0.4, 0.5) is 16.2 Å². The highest BCUT2D eigenvalue weighted by atomic mass is 35.5. The number of fused-ring (bicyclic) bond motifs is 3. The molecule has 1 amide bonds. The van der Waals surface area contributed by atoms with E-state index in [1.807, 2.05) is 17.9 Å². The number of hydrogen-bond acceptors (Lipinski definition) is 6. The van der Waals surface area contributed by atoms with Crippen LogP contribution in [0.5, 0.6) is 0 Å². The molecule has 0 radical (unpaired) electrons. The van der Waals surface area contributed by atoms with Gasteiger partial charge in [-0.05, 0) is 69.7 Å². The third-order valence-corrected chi connectivity index (χ3v) is 7.80. The number of amides is 1. The van der Waals surface area contributed by atoms with E-state index in [1.54, 1.807) is 24.4 Å². The van der Waals surface area contributed by atoms with E-state index in [4.69, 9.17) is 21.6 Å². The standard InChI is InChI=1S/C25H25ClN6O2/c1-25(7-8-25)34-24(33)32-16-3-4-17(32)12-18(11-16)31-9-6-19-22(14-28-30-23(19)31)29-21-5-2-15(13-27)10-20(21)26/h2,5-6,9-10,14,16-18H,3-4,7-8,11-12H2,1H3,(H,29,30)/t16-,17-/m0/s1. The molecule has 3 aliphatic rings. The summed E-state index contributed by atoms with van der Waals surface area (Å²) in [6.07, 6.45) is 9.32. The molecule has 0 spiro atoms. The number of aromatic nitrogens is 3. The molecule has 1 N–H and O–H groups in total. The van der Waals surface area contributed by atoms with Crippen LogP contribution in [0.3, 0.4) is 0 Å². The zero-order valence-electron chi connectivity index (χ0n) is 18.9. The quantitative estimate of drug-likeness (QED) is 0.529. The van der Waals surface area contributed by atoms with Gasteiger partial charge in [-0.25, -0.2) is 4.79 Å². The Bertz CT molecular complexity index is 1310.